The molecule has 0 unspecified atom stereocenters. The average Bonchev–Trinajstić information content (AvgIpc) is 2.60. The van der Waals surface area contributed by atoms with Gasteiger partial charge in [0.1, 0.15) is 0 Å². The molecule has 3 N–H and O–H groups in total. The average molecular weight is 360 g/mol. The molecular weight excluding hydrogens is 340 g/mol. The first-order chi connectivity index (χ1) is 11.7. The summed E-state index contributed by atoms with van der Waals surface area (Å²) >= 11 is 0. The van der Waals surface area contributed by atoms with Crippen LogP contribution in [0.1, 0.15) is 22.8 Å². The standard InChI is InChI=1S/C17H20N4O3S/c1-12(13-7-9-15(18)10-8-13)19-20-17(22)14-5-4-6-16(11-14)25(23,24)21(2)3/h4-11H,18H2,1-3H3,(H,20,22)/b19-12-. The Labute approximate surface area is 147 Å². The van der Waals surface area contributed by atoms with E-state index < -0.39 is 15.9 Å². The zero-order chi connectivity index (χ0) is 18.6. The lowest BCUT2D eigenvalue weighted by Crippen LogP contribution is -2.23. The van der Waals surface area contributed by atoms with Gasteiger partial charge < -0.3 is 5.73 Å². The molecule has 132 valence electrons. The van der Waals surface area contributed by atoms with Gasteiger partial charge in [-0.25, -0.2) is 18.1 Å². The van der Waals surface area contributed by atoms with Crippen molar-refractivity contribution in [1.82, 2.24) is 9.73 Å². The highest BCUT2D eigenvalue weighted by atomic mass is 32.2. The SMILES string of the molecule is C/C(=N/NC(=O)c1cccc(S(=O)(=O)N(C)C)c1)c1ccc(N)cc1. The first kappa shape index (κ1) is 18.6. The number of sulfonamides is 1. The highest BCUT2D eigenvalue weighted by Gasteiger charge is 2.18. The number of nitrogens with two attached hydrogens (primary N) is 1. The molecule has 0 fully saturated rings. The third-order valence-electron chi connectivity index (χ3n) is 3.53. The summed E-state index contributed by atoms with van der Waals surface area (Å²) in [6.07, 6.45) is 0. The van der Waals surface area contributed by atoms with Gasteiger partial charge in [-0.3, -0.25) is 4.79 Å². The van der Waals surface area contributed by atoms with Gasteiger partial charge in [-0.05, 0) is 42.8 Å². The number of carbonyl (C=O) groups is 1. The van der Waals surface area contributed by atoms with Crippen LogP contribution < -0.4 is 11.2 Å². The first-order valence-corrected chi connectivity index (χ1v) is 8.89. The third-order valence-corrected chi connectivity index (χ3v) is 5.34. The number of benzene rings is 2. The normalized spacial score (nSPS) is 12.2. The van der Waals surface area contributed by atoms with Crippen LogP contribution in [0.4, 0.5) is 5.69 Å². The summed E-state index contributed by atoms with van der Waals surface area (Å²) in [5.41, 5.74) is 10.3. The van der Waals surface area contributed by atoms with Crippen molar-refractivity contribution in [2.75, 3.05) is 19.8 Å². The van der Waals surface area contributed by atoms with Crippen molar-refractivity contribution >= 4 is 27.3 Å². The fourth-order valence-corrected chi connectivity index (χ4v) is 2.94. The molecule has 0 aliphatic heterocycles. The number of nitrogens with one attached hydrogen (secondary N) is 1. The highest BCUT2D eigenvalue weighted by molar-refractivity contribution is 7.89. The molecule has 2 rings (SSSR count). The van der Waals surface area contributed by atoms with Crippen LogP contribution >= 0.6 is 0 Å². The lowest BCUT2D eigenvalue weighted by molar-refractivity contribution is 0.0954. The van der Waals surface area contributed by atoms with Crippen LogP contribution in [-0.4, -0.2) is 38.4 Å². The molecule has 0 spiro atoms. The second-order valence-electron chi connectivity index (χ2n) is 5.58. The molecule has 2 aromatic rings. The second-order valence-corrected chi connectivity index (χ2v) is 7.73. The Balaban J connectivity index is 2.19. The van der Waals surface area contributed by atoms with Gasteiger partial charge in [-0.2, -0.15) is 5.10 Å². The van der Waals surface area contributed by atoms with E-state index >= 15 is 0 Å². The summed E-state index contributed by atoms with van der Waals surface area (Å²) < 4.78 is 25.4. The van der Waals surface area contributed by atoms with Crippen molar-refractivity contribution in [2.24, 2.45) is 5.10 Å². The summed E-state index contributed by atoms with van der Waals surface area (Å²) in [5.74, 6) is -0.495. The monoisotopic (exact) mass is 360 g/mol. The predicted octanol–water partition coefficient (Wildman–Crippen LogP) is 1.67. The summed E-state index contributed by atoms with van der Waals surface area (Å²) in [4.78, 5) is 12.3. The molecule has 7 nitrogen and oxygen atoms in total. The van der Waals surface area contributed by atoms with E-state index in [0.29, 0.717) is 11.4 Å². The molecule has 0 bridgehead atoms. The third kappa shape index (κ3) is 4.43. The quantitative estimate of drug-likeness (QED) is 0.481. The van der Waals surface area contributed by atoms with Gasteiger partial charge in [-0.15, -0.1) is 0 Å². The molecular formula is C17H20N4O3S. The van der Waals surface area contributed by atoms with Crippen LogP contribution in [0, 0.1) is 0 Å². The van der Waals surface area contributed by atoms with Gasteiger partial charge in [0.25, 0.3) is 5.91 Å². The number of hydrazone groups is 1. The van der Waals surface area contributed by atoms with Crippen LogP contribution in [-0.2, 0) is 10.0 Å². The molecule has 25 heavy (non-hydrogen) atoms. The molecule has 1 amide bonds. The predicted molar refractivity (Wildman–Crippen MR) is 97.8 cm³/mol. The van der Waals surface area contributed by atoms with Crippen molar-refractivity contribution in [3.05, 3.63) is 59.7 Å². The van der Waals surface area contributed by atoms with Gasteiger partial charge in [0, 0.05) is 25.3 Å². The lowest BCUT2D eigenvalue weighted by atomic mass is 10.1. The maximum absolute atomic E-state index is 12.2. The van der Waals surface area contributed by atoms with E-state index in [1.54, 1.807) is 31.2 Å². The molecule has 0 atom stereocenters. The van der Waals surface area contributed by atoms with Crippen LogP contribution in [0.2, 0.25) is 0 Å². The van der Waals surface area contributed by atoms with Gasteiger partial charge in [0.15, 0.2) is 0 Å². The minimum absolute atomic E-state index is 0.0457. The van der Waals surface area contributed by atoms with Crippen molar-refractivity contribution in [3.8, 4) is 0 Å². The van der Waals surface area contributed by atoms with Gasteiger partial charge in [0.2, 0.25) is 10.0 Å². The first-order valence-electron chi connectivity index (χ1n) is 7.45. The summed E-state index contributed by atoms with van der Waals surface area (Å²) in [7, 11) is -0.740. The maximum atomic E-state index is 12.2. The fourth-order valence-electron chi connectivity index (χ4n) is 2.00. The van der Waals surface area contributed by atoms with E-state index in [4.69, 9.17) is 5.73 Å². The van der Waals surface area contributed by atoms with E-state index in [1.807, 2.05) is 0 Å². The number of amides is 1. The van der Waals surface area contributed by atoms with Crippen molar-refractivity contribution in [1.29, 1.82) is 0 Å². The minimum Gasteiger partial charge on any atom is -0.399 e. The van der Waals surface area contributed by atoms with Crippen LogP contribution in [0.5, 0.6) is 0 Å². The lowest BCUT2D eigenvalue weighted by Gasteiger charge is -2.12. The number of carbonyl (C=O) groups excluding carboxylic acids is 1. The molecule has 2 aromatic carbocycles. The van der Waals surface area contributed by atoms with Crippen molar-refractivity contribution < 1.29 is 13.2 Å². The van der Waals surface area contributed by atoms with Crippen LogP contribution in [0.3, 0.4) is 0 Å². The molecule has 0 radical (unpaired) electrons. The molecule has 0 aromatic heterocycles. The molecule has 0 aliphatic rings. The van der Waals surface area contributed by atoms with E-state index in [2.05, 4.69) is 10.5 Å². The van der Waals surface area contributed by atoms with Gasteiger partial charge >= 0.3 is 0 Å². The van der Waals surface area contributed by atoms with E-state index in [1.165, 1.54) is 38.4 Å². The maximum Gasteiger partial charge on any atom is 0.271 e. The number of nitrogens with zero attached hydrogens (tertiary/aromatic N) is 2. The Morgan fingerprint density at radius 2 is 1.72 bits per heavy atom. The largest absolute Gasteiger partial charge is 0.399 e. The molecule has 0 saturated carbocycles. The van der Waals surface area contributed by atoms with Crippen LogP contribution in [0.15, 0.2) is 58.5 Å². The zero-order valence-electron chi connectivity index (χ0n) is 14.2. The van der Waals surface area contributed by atoms with Crippen molar-refractivity contribution in [3.63, 3.8) is 0 Å². The highest BCUT2D eigenvalue weighted by Crippen LogP contribution is 2.15. The van der Waals surface area contributed by atoms with E-state index in [-0.39, 0.29) is 10.5 Å². The smallest absolute Gasteiger partial charge is 0.271 e. The molecule has 0 heterocycles. The number of rotatable bonds is 5. The zero-order valence-corrected chi connectivity index (χ0v) is 15.0. The topological polar surface area (TPSA) is 105 Å². The summed E-state index contributed by atoms with van der Waals surface area (Å²) in [6, 6.07) is 12.9. The summed E-state index contributed by atoms with van der Waals surface area (Å²) in [6.45, 7) is 1.75. The molecule has 8 heteroatoms. The van der Waals surface area contributed by atoms with E-state index in [9.17, 15) is 13.2 Å². The Morgan fingerprint density at radius 3 is 2.32 bits per heavy atom. The van der Waals surface area contributed by atoms with Gasteiger partial charge in [-0.1, -0.05) is 18.2 Å². The van der Waals surface area contributed by atoms with Gasteiger partial charge in [0.05, 0.1) is 10.6 Å². The summed E-state index contributed by atoms with van der Waals surface area (Å²) in [5, 5.41) is 4.04. The minimum atomic E-state index is -3.61. The number of hydrogen-bond acceptors (Lipinski definition) is 5. The number of anilines is 1. The fraction of sp³-hybridized carbons (Fsp3) is 0.176. The Morgan fingerprint density at radius 1 is 1.08 bits per heavy atom. The Bertz CT molecular complexity index is 904. The van der Waals surface area contributed by atoms with E-state index in [0.717, 1.165) is 9.87 Å². The van der Waals surface area contributed by atoms with Crippen LogP contribution in [0.25, 0.3) is 0 Å². The number of hydrogen-bond donors (Lipinski definition) is 2. The molecule has 0 aliphatic carbocycles. The Kier molecular flexibility index (Phi) is 5.55. The van der Waals surface area contributed by atoms with Crippen molar-refractivity contribution in [2.45, 2.75) is 11.8 Å². The molecule has 0 saturated heterocycles. The Hall–Kier alpha value is -2.71. The number of nitrogen functional groups attached to an aromatic ring is 1. The second kappa shape index (κ2) is 7.45.